The number of hydrogen-bond donors (Lipinski definition) is 1. The summed E-state index contributed by atoms with van der Waals surface area (Å²) in [5, 5.41) is 2.26. The van der Waals surface area contributed by atoms with E-state index in [1.165, 1.54) is 25.2 Å². The van der Waals surface area contributed by atoms with Crippen LogP contribution in [0.5, 0.6) is 0 Å². The first-order chi connectivity index (χ1) is 9.34. The van der Waals surface area contributed by atoms with Crippen molar-refractivity contribution in [3.63, 3.8) is 0 Å². The zero-order chi connectivity index (χ0) is 14.9. The first-order valence-corrected chi connectivity index (χ1v) is 5.62. The standard InChI is InChI=1S/C12H10F3N3O2/c1-16-9(19)6-18-8-5-3-2-4-7(8)17-10(11(18)20)12(13,14)15/h2-5H,6H2,1H3,(H,16,19). The number of nitrogens with one attached hydrogen (secondary N) is 1. The fourth-order valence-corrected chi connectivity index (χ4v) is 1.76. The zero-order valence-electron chi connectivity index (χ0n) is 10.4. The topological polar surface area (TPSA) is 64.0 Å². The molecule has 0 bridgehead atoms. The maximum atomic E-state index is 12.8. The normalized spacial score (nSPS) is 11.6. The van der Waals surface area contributed by atoms with Crippen LogP contribution in [0.1, 0.15) is 5.69 Å². The molecular weight excluding hydrogens is 275 g/mol. The van der Waals surface area contributed by atoms with Crippen LogP contribution in [0.15, 0.2) is 29.1 Å². The van der Waals surface area contributed by atoms with Crippen LogP contribution in [0.4, 0.5) is 13.2 Å². The molecule has 0 spiro atoms. The van der Waals surface area contributed by atoms with Crippen LogP contribution in [0.25, 0.3) is 11.0 Å². The molecule has 2 rings (SSSR count). The van der Waals surface area contributed by atoms with Crippen molar-refractivity contribution in [2.45, 2.75) is 12.7 Å². The molecule has 0 aliphatic heterocycles. The van der Waals surface area contributed by atoms with Gasteiger partial charge in [0, 0.05) is 7.05 Å². The van der Waals surface area contributed by atoms with Gasteiger partial charge in [-0.05, 0) is 12.1 Å². The third-order valence-corrected chi connectivity index (χ3v) is 2.70. The fourth-order valence-electron chi connectivity index (χ4n) is 1.76. The second-order valence-electron chi connectivity index (χ2n) is 4.01. The van der Waals surface area contributed by atoms with Gasteiger partial charge < -0.3 is 5.32 Å². The summed E-state index contributed by atoms with van der Waals surface area (Å²) in [6.45, 7) is -0.499. The number of hydrogen-bond acceptors (Lipinski definition) is 3. The lowest BCUT2D eigenvalue weighted by Crippen LogP contribution is -2.35. The molecule has 0 aliphatic carbocycles. The predicted octanol–water partition coefficient (Wildman–Crippen LogP) is 1.16. The Morgan fingerprint density at radius 3 is 2.60 bits per heavy atom. The van der Waals surface area contributed by atoms with Crippen molar-refractivity contribution in [1.29, 1.82) is 0 Å². The van der Waals surface area contributed by atoms with Crippen molar-refractivity contribution in [2.24, 2.45) is 0 Å². The molecule has 0 fully saturated rings. The van der Waals surface area contributed by atoms with Crippen LogP contribution in [-0.2, 0) is 17.5 Å². The Hall–Kier alpha value is -2.38. The molecule has 0 saturated heterocycles. The maximum absolute atomic E-state index is 12.8. The van der Waals surface area contributed by atoms with E-state index in [0.717, 1.165) is 4.57 Å². The van der Waals surface area contributed by atoms with Gasteiger partial charge in [0.2, 0.25) is 11.6 Å². The van der Waals surface area contributed by atoms with Gasteiger partial charge in [-0.2, -0.15) is 13.2 Å². The molecule has 0 aliphatic rings. The number of amides is 1. The number of rotatable bonds is 2. The van der Waals surface area contributed by atoms with E-state index in [1.807, 2.05) is 0 Å². The van der Waals surface area contributed by atoms with Gasteiger partial charge in [-0.15, -0.1) is 0 Å². The summed E-state index contributed by atoms with van der Waals surface area (Å²) in [7, 11) is 1.33. The van der Waals surface area contributed by atoms with Crippen LogP contribution in [-0.4, -0.2) is 22.5 Å². The number of fused-ring (bicyclic) bond motifs is 1. The van der Waals surface area contributed by atoms with Gasteiger partial charge in [-0.1, -0.05) is 12.1 Å². The second kappa shape index (κ2) is 4.95. The van der Waals surface area contributed by atoms with Gasteiger partial charge in [0.25, 0.3) is 5.56 Å². The average molecular weight is 285 g/mol. The van der Waals surface area contributed by atoms with Crippen LogP contribution in [0.2, 0.25) is 0 Å². The lowest BCUT2D eigenvalue weighted by atomic mass is 10.2. The Morgan fingerprint density at radius 1 is 1.35 bits per heavy atom. The van der Waals surface area contributed by atoms with Crippen molar-refractivity contribution >= 4 is 16.9 Å². The molecule has 2 aromatic rings. The quantitative estimate of drug-likeness (QED) is 0.900. The van der Waals surface area contributed by atoms with Crippen molar-refractivity contribution in [3.05, 3.63) is 40.3 Å². The number of carbonyl (C=O) groups excluding carboxylic acids is 1. The van der Waals surface area contributed by atoms with Crippen molar-refractivity contribution in [1.82, 2.24) is 14.9 Å². The SMILES string of the molecule is CNC(=O)Cn1c(=O)c(C(F)(F)F)nc2ccccc21. The van der Waals surface area contributed by atoms with E-state index in [4.69, 9.17) is 0 Å². The molecule has 20 heavy (non-hydrogen) atoms. The average Bonchev–Trinajstić information content (AvgIpc) is 2.40. The van der Waals surface area contributed by atoms with Crippen LogP contribution in [0.3, 0.4) is 0 Å². The van der Waals surface area contributed by atoms with Crippen LogP contribution < -0.4 is 10.9 Å². The van der Waals surface area contributed by atoms with E-state index in [-0.39, 0.29) is 11.0 Å². The van der Waals surface area contributed by atoms with Gasteiger partial charge in [0.05, 0.1) is 11.0 Å². The van der Waals surface area contributed by atoms with Gasteiger partial charge in [0.15, 0.2) is 0 Å². The molecule has 1 heterocycles. The van der Waals surface area contributed by atoms with Gasteiger partial charge in [-0.25, -0.2) is 4.98 Å². The van der Waals surface area contributed by atoms with Crippen LogP contribution in [0, 0.1) is 0 Å². The Kier molecular flexibility index (Phi) is 3.47. The van der Waals surface area contributed by atoms with E-state index < -0.39 is 29.9 Å². The van der Waals surface area contributed by atoms with E-state index in [2.05, 4.69) is 10.3 Å². The molecule has 106 valence electrons. The zero-order valence-corrected chi connectivity index (χ0v) is 10.4. The summed E-state index contributed by atoms with van der Waals surface area (Å²) < 4.78 is 39.2. The molecule has 1 amide bonds. The maximum Gasteiger partial charge on any atom is 0.438 e. The highest BCUT2D eigenvalue weighted by atomic mass is 19.4. The smallest absolute Gasteiger partial charge is 0.358 e. The Balaban J connectivity index is 2.78. The van der Waals surface area contributed by atoms with E-state index >= 15 is 0 Å². The molecular formula is C12H10F3N3O2. The third-order valence-electron chi connectivity index (χ3n) is 2.70. The van der Waals surface area contributed by atoms with Gasteiger partial charge >= 0.3 is 6.18 Å². The largest absolute Gasteiger partial charge is 0.438 e. The fraction of sp³-hybridized carbons (Fsp3) is 0.250. The Bertz CT molecular complexity index is 722. The summed E-state index contributed by atoms with van der Waals surface area (Å²) in [5.74, 6) is -0.573. The number of alkyl halides is 3. The number of carbonyl (C=O) groups is 1. The number of likely N-dealkylation sites (N-methyl/N-ethyl adjacent to an activating group) is 1. The summed E-state index contributed by atoms with van der Waals surface area (Å²) in [4.78, 5) is 26.6. The number of benzene rings is 1. The minimum Gasteiger partial charge on any atom is -0.358 e. The van der Waals surface area contributed by atoms with Crippen molar-refractivity contribution in [2.75, 3.05) is 7.05 Å². The van der Waals surface area contributed by atoms with Gasteiger partial charge in [0.1, 0.15) is 6.54 Å². The second-order valence-corrected chi connectivity index (χ2v) is 4.01. The molecule has 0 saturated carbocycles. The predicted molar refractivity (Wildman–Crippen MR) is 65.1 cm³/mol. The molecule has 5 nitrogen and oxygen atoms in total. The molecule has 0 atom stereocenters. The third kappa shape index (κ3) is 2.49. The summed E-state index contributed by atoms with van der Waals surface area (Å²) >= 11 is 0. The molecule has 8 heteroatoms. The van der Waals surface area contributed by atoms with E-state index in [0.29, 0.717) is 0 Å². The van der Waals surface area contributed by atoms with Gasteiger partial charge in [-0.3, -0.25) is 14.2 Å². The lowest BCUT2D eigenvalue weighted by Gasteiger charge is -2.12. The van der Waals surface area contributed by atoms with Crippen molar-refractivity contribution in [3.8, 4) is 0 Å². The molecule has 1 N–H and O–H groups in total. The highest BCUT2D eigenvalue weighted by Crippen LogP contribution is 2.26. The summed E-state index contributed by atoms with van der Waals surface area (Å²) in [6.07, 6.45) is -4.87. The molecule has 0 radical (unpaired) electrons. The first kappa shape index (κ1) is 14.0. The number of para-hydroxylation sites is 2. The molecule has 1 aromatic carbocycles. The number of nitrogens with zero attached hydrogens (tertiary/aromatic N) is 2. The summed E-state index contributed by atoms with van der Waals surface area (Å²) in [6, 6.07) is 5.85. The van der Waals surface area contributed by atoms with Crippen molar-refractivity contribution < 1.29 is 18.0 Å². The summed E-state index contributed by atoms with van der Waals surface area (Å²) in [5.41, 5.74) is -2.68. The monoisotopic (exact) mass is 285 g/mol. The number of aromatic nitrogens is 2. The first-order valence-electron chi connectivity index (χ1n) is 5.62. The molecule has 1 aromatic heterocycles. The van der Waals surface area contributed by atoms with E-state index in [1.54, 1.807) is 6.07 Å². The highest BCUT2D eigenvalue weighted by molar-refractivity contribution is 5.80. The number of halogens is 3. The minimum absolute atomic E-state index is 0.00308. The molecule has 0 unspecified atom stereocenters. The lowest BCUT2D eigenvalue weighted by molar-refractivity contribution is -0.142. The van der Waals surface area contributed by atoms with Crippen LogP contribution >= 0.6 is 0 Å². The Labute approximate surface area is 111 Å². The Morgan fingerprint density at radius 2 is 2.00 bits per heavy atom. The highest BCUT2D eigenvalue weighted by Gasteiger charge is 2.37. The van der Waals surface area contributed by atoms with E-state index in [9.17, 15) is 22.8 Å². The minimum atomic E-state index is -4.87.